The summed E-state index contributed by atoms with van der Waals surface area (Å²) < 4.78 is 1.77. The molecule has 0 aliphatic rings. The Bertz CT molecular complexity index is 549. The third-order valence-electron chi connectivity index (χ3n) is 2.93. The molecule has 5 heteroatoms. The summed E-state index contributed by atoms with van der Waals surface area (Å²) in [6.07, 6.45) is 2.45. The molecule has 1 aromatic heterocycles. The molecule has 0 atom stereocenters. The Hall–Kier alpha value is -2.17. The first-order valence-electron chi connectivity index (χ1n) is 6.34. The molecular weight excluding hydrogens is 242 g/mol. The van der Waals surface area contributed by atoms with Gasteiger partial charge < -0.3 is 5.11 Å². The molecule has 100 valence electrons. The highest BCUT2D eigenvalue weighted by molar-refractivity contribution is 5.66. The van der Waals surface area contributed by atoms with Crippen LogP contribution in [0, 0.1) is 0 Å². The lowest BCUT2D eigenvalue weighted by molar-refractivity contribution is -0.137. The van der Waals surface area contributed by atoms with Gasteiger partial charge in [-0.3, -0.25) is 9.48 Å². The first-order chi connectivity index (χ1) is 9.16. The summed E-state index contributed by atoms with van der Waals surface area (Å²) in [4.78, 5) is 14.9. The first-order valence-corrected chi connectivity index (χ1v) is 6.34. The molecule has 2 aromatic rings. The molecule has 0 radical (unpaired) electrons. The summed E-state index contributed by atoms with van der Waals surface area (Å²) in [7, 11) is 1.87. The number of hydrogen-bond acceptors (Lipinski definition) is 3. The minimum absolute atomic E-state index is 0.212. The van der Waals surface area contributed by atoms with Gasteiger partial charge in [-0.2, -0.15) is 5.10 Å². The summed E-state index contributed by atoms with van der Waals surface area (Å²) >= 11 is 0. The summed E-state index contributed by atoms with van der Waals surface area (Å²) in [6.45, 7) is 0. The van der Waals surface area contributed by atoms with Crippen molar-refractivity contribution in [2.45, 2.75) is 25.7 Å². The maximum absolute atomic E-state index is 10.4. The van der Waals surface area contributed by atoms with Crippen molar-refractivity contribution in [1.82, 2.24) is 14.8 Å². The number of aliphatic carboxylic acids is 1. The van der Waals surface area contributed by atoms with E-state index in [1.54, 1.807) is 4.68 Å². The van der Waals surface area contributed by atoms with E-state index >= 15 is 0 Å². The summed E-state index contributed by atoms with van der Waals surface area (Å²) in [5.41, 5.74) is 0.995. The monoisotopic (exact) mass is 259 g/mol. The zero-order chi connectivity index (χ0) is 13.7. The average Bonchev–Trinajstić information content (AvgIpc) is 2.77. The van der Waals surface area contributed by atoms with Gasteiger partial charge in [0.1, 0.15) is 5.82 Å². The maximum atomic E-state index is 10.4. The summed E-state index contributed by atoms with van der Waals surface area (Å²) in [6, 6.07) is 9.82. The van der Waals surface area contributed by atoms with Crippen molar-refractivity contribution >= 4 is 5.97 Å². The van der Waals surface area contributed by atoms with E-state index in [4.69, 9.17) is 5.11 Å². The van der Waals surface area contributed by atoms with Crippen LogP contribution >= 0.6 is 0 Å². The zero-order valence-electron chi connectivity index (χ0n) is 10.9. The Morgan fingerprint density at radius 3 is 2.68 bits per heavy atom. The highest BCUT2D eigenvalue weighted by atomic mass is 16.4. The van der Waals surface area contributed by atoms with Crippen LogP contribution in [-0.4, -0.2) is 25.8 Å². The molecule has 19 heavy (non-hydrogen) atoms. The molecule has 0 fully saturated rings. The molecule has 0 unspecified atom stereocenters. The Labute approximate surface area is 111 Å². The molecule has 0 saturated carbocycles. The number of benzene rings is 1. The van der Waals surface area contributed by atoms with Crippen LogP contribution in [0.5, 0.6) is 0 Å². The molecule has 0 aliphatic heterocycles. The molecule has 1 aromatic carbocycles. The quantitative estimate of drug-likeness (QED) is 0.808. The van der Waals surface area contributed by atoms with Crippen molar-refractivity contribution in [3.05, 3.63) is 36.2 Å². The minimum atomic E-state index is -0.747. The van der Waals surface area contributed by atoms with Gasteiger partial charge in [-0.25, -0.2) is 4.98 Å². The van der Waals surface area contributed by atoms with Crippen LogP contribution in [0.3, 0.4) is 0 Å². The highest BCUT2D eigenvalue weighted by Gasteiger charge is 2.08. The lowest BCUT2D eigenvalue weighted by Crippen LogP contribution is -2.00. The van der Waals surface area contributed by atoms with Crippen molar-refractivity contribution in [1.29, 1.82) is 0 Å². The molecule has 0 spiro atoms. The SMILES string of the molecule is Cn1nc(-c2ccccc2)nc1CCCCC(=O)O. The second-order valence-electron chi connectivity index (χ2n) is 4.44. The molecule has 1 heterocycles. The average molecular weight is 259 g/mol. The number of aryl methyl sites for hydroxylation is 2. The third kappa shape index (κ3) is 3.64. The Morgan fingerprint density at radius 2 is 2.00 bits per heavy atom. The fourth-order valence-corrected chi connectivity index (χ4v) is 1.90. The van der Waals surface area contributed by atoms with E-state index in [0.717, 1.165) is 30.1 Å². The lowest BCUT2D eigenvalue weighted by Gasteiger charge is -1.98. The minimum Gasteiger partial charge on any atom is -0.481 e. The second-order valence-corrected chi connectivity index (χ2v) is 4.44. The van der Waals surface area contributed by atoms with Gasteiger partial charge in [-0.15, -0.1) is 0 Å². The van der Waals surface area contributed by atoms with Gasteiger partial charge in [-0.05, 0) is 12.8 Å². The van der Waals surface area contributed by atoms with Crippen molar-refractivity contribution < 1.29 is 9.90 Å². The second kappa shape index (κ2) is 6.13. The van der Waals surface area contributed by atoms with E-state index in [9.17, 15) is 4.79 Å². The molecular formula is C14H17N3O2. The number of hydrogen-bond donors (Lipinski definition) is 1. The smallest absolute Gasteiger partial charge is 0.303 e. The van der Waals surface area contributed by atoms with Crippen LogP contribution in [0.4, 0.5) is 0 Å². The van der Waals surface area contributed by atoms with Crippen molar-refractivity contribution in [3.8, 4) is 11.4 Å². The topological polar surface area (TPSA) is 68.0 Å². The van der Waals surface area contributed by atoms with E-state index in [2.05, 4.69) is 10.1 Å². The van der Waals surface area contributed by atoms with Crippen molar-refractivity contribution in [2.24, 2.45) is 7.05 Å². The van der Waals surface area contributed by atoms with Crippen LogP contribution in [0.2, 0.25) is 0 Å². The molecule has 1 N–H and O–H groups in total. The summed E-state index contributed by atoms with van der Waals surface area (Å²) in [5.74, 6) is 0.864. The zero-order valence-corrected chi connectivity index (χ0v) is 10.9. The predicted octanol–water partition coefficient (Wildman–Crippen LogP) is 2.28. The Kier molecular flexibility index (Phi) is 4.28. The molecule has 2 rings (SSSR count). The number of unbranched alkanes of at least 4 members (excludes halogenated alkanes) is 1. The predicted molar refractivity (Wildman–Crippen MR) is 71.6 cm³/mol. The standard InChI is InChI=1S/C14H17N3O2/c1-17-12(9-5-6-10-13(18)19)15-14(16-17)11-7-3-2-4-8-11/h2-4,7-8H,5-6,9-10H2,1H3,(H,18,19). The third-order valence-corrected chi connectivity index (χ3v) is 2.93. The van der Waals surface area contributed by atoms with Crippen LogP contribution in [0.25, 0.3) is 11.4 Å². The van der Waals surface area contributed by atoms with Crippen LogP contribution in [-0.2, 0) is 18.3 Å². The van der Waals surface area contributed by atoms with Crippen LogP contribution in [0.15, 0.2) is 30.3 Å². The number of carbonyl (C=O) groups is 1. The molecule has 0 aliphatic carbocycles. The van der Waals surface area contributed by atoms with Gasteiger partial charge in [0.2, 0.25) is 0 Å². The lowest BCUT2D eigenvalue weighted by atomic mass is 10.2. The molecule has 5 nitrogen and oxygen atoms in total. The van der Waals surface area contributed by atoms with Gasteiger partial charge in [0.05, 0.1) is 0 Å². The van der Waals surface area contributed by atoms with Crippen molar-refractivity contribution in [3.63, 3.8) is 0 Å². The molecule has 0 saturated heterocycles. The molecule has 0 amide bonds. The molecule has 0 bridgehead atoms. The van der Waals surface area contributed by atoms with Gasteiger partial charge >= 0.3 is 5.97 Å². The maximum Gasteiger partial charge on any atom is 0.303 e. The fraction of sp³-hybridized carbons (Fsp3) is 0.357. The van der Waals surface area contributed by atoms with E-state index in [1.807, 2.05) is 37.4 Å². The van der Waals surface area contributed by atoms with E-state index in [0.29, 0.717) is 6.42 Å². The van der Waals surface area contributed by atoms with Crippen LogP contribution in [0.1, 0.15) is 25.1 Å². The highest BCUT2D eigenvalue weighted by Crippen LogP contribution is 2.15. The Balaban J connectivity index is 1.99. The summed E-state index contributed by atoms with van der Waals surface area (Å²) in [5, 5.41) is 13.0. The van der Waals surface area contributed by atoms with Gasteiger partial charge in [-0.1, -0.05) is 30.3 Å². The van der Waals surface area contributed by atoms with Crippen molar-refractivity contribution in [2.75, 3.05) is 0 Å². The number of carboxylic acids is 1. The normalized spacial score (nSPS) is 10.6. The van der Waals surface area contributed by atoms with Gasteiger partial charge in [0.25, 0.3) is 0 Å². The largest absolute Gasteiger partial charge is 0.481 e. The number of rotatable bonds is 6. The van der Waals surface area contributed by atoms with Gasteiger partial charge in [0.15, 0.2) is 5.82 Å². The number of nitrogens with zero attached hydrogens (tertiary/aromatic N) is 3. The van der Waals surface area contributed by atoms with Gasteiger partial charge in [0, 0.05) is 25.5 Å². The van der Waals surface area contributed by atoms with Crippen LogP contribution < -0.4 is 0 Å². The Morgan fingerprint density at radius 1 is 1.26 bits per heavy atom. The first kappa shape index (κ1) is 13.3. The fourth-order valence-electron chi connectivity index (χ4n) is 1.90. The van der Waals surface area contributed by atoms with E-state index in [-0.39, 0.29) is 6.42 Å². The van der Waals surface area contributed by atoms with E-state index in [1.165, 1.54) is 0 Å². The van der Waals surface area contributed by atoms with E-state index < -0.39 is 5.97 Å². The number of carboxylic acid groups (broad SMARTS) is 1. The number of aromatic nitrogens is 3.